The van der Waals surface area contributed by atoms with Crippen molar-refractivity contribution in [1.82, 2.24) is 25.3 Å². The molecule has 0 bridgehead atoms. The number of carboxylic acid groups (broad SMARTS) is 1. The first-order valence-electron chi connectivity index (χ1n) is 12.2. The number of imidazole rings is 1. The summed E-state index contributed by atoms with van der Waals surface area (Å²) in [7, 11) is -3.49. The van der Waals surface area contributed by atoms with Crippen molar-refractivity contribution in [3.05, 3.63) is 40.8 Å². The van der Waals surface area contributed by atoms with Gasteiger partial charge in [0.15, 0.2) is 0 Å². The third kappa shape index (κ3) is 6.36. The Hall–Kier alpha value is -3.38. The third-order valence-electron chi connectivity index (χ3n) is 6.11. The molecule has 2 aromatic heterocycles. The predicted octanol–water partition coefficient (Wildman–Crippen LogP) is 4.77. The fourth-order valence-electron chi connectivity index (χ4n) is 3.84. The van der Waals surface area contributed by atoms with Gasteiger partial charge in [-0.2, -0.15) is 0 Å². The summed E-state index contributed by atoms with van der Waals surface area (Å²) in [6, 6.07) is 4.75. The summed E-state index contributed by atoms with van der Waals surface area (Å²) < 4.78 is 28.0. The Bertz CT molecular complexity index is 1460. The number of hydrogen-bond acceptors (Lipinski definition) is 7. The van der Waals surface area contributed by atoms with Gasteiger partial charge in [-0.15, -0.1) is 0 Å². The van der Waals surface area contributed by atoms with Gasteiger partial charge in [0.1, 0.15) is 5.82 Å². The van der Waals surface area contributed by atoms with Crippen molar-refractivity contribution >= 4 is 39.4 Å². The fraction of sp³-hybridized carbons (Fsp3) is 0.440. The summed E-state index contributed by atoms with van der Waals surface area (Å²) in [6.07, 6.45) is 1.79. The number of benzene rings is 1. The second-order valence-electron chi connectivity index (χ2n) is 10.5. The molecular formula is C25H32ClN7O4S. The van der Waals surface area contributed by atoms with Crippen LogP contribution in [0.1, 0.15) is 51.9 Å². The van der Waals surface area contributed by atoms with Gasteiger partial charge in [-0.1, -0.05) is 32.4 Å². The van der Waals surface area contributed by atoms with Crippen molar-refractivity contribution in [2.45, 2.75) is 64.2 Å². The topological polar surface area (TPSA) is 162 Å². The van der Waals surface area contributed by atoms with E-state index >= 15 is 0 Å². The minimum absolute atomic E-state index is 0.288. The first kappa shape index (κ1) is 27.6. The number of hydrogen-bond donors (Lipinski definition) is 5. The molecule has 0 aliphatic heterocycles. The van der Waals surface area contributed by atoms with E-state index in [1.54, 1.807) is 31.3 Å². The largest absolute Gasteiger partial charge is 0.465 e. The van der Waals surface area contributed by atoms with Crippen LogP contribution in [0.15, 0.2) is 24.4 Å². The Kier molecular flexibility index (Phi) is 7.57. The highest BCUT2D eigenvalue weighted by atomic mass is 35.5. The van der Waals surface area contributed by atoms with E-state index in [1.165, 1.54) is 0 Å². The fourth-order valence-corrected chi connectivity index (χ4v) is 5.50. The number of anilines is 2. The van der Waals surface area contributed by atoms with Crippen LogP contribution in [0.25, 0.3) is 22.6 Å². The summed E-state index contributed by atoms with van der Waals surface area (Å²) in [6.45, 7) is 9.94. The molecule has 1 atom stereocenters. The monoisotopic (exact) mass is 561 g/mol. The van der Waals surface area contributed by atoms with Crippen LogP contribution < -0.4 is 15.4 Å². The number of aromatic amines is 1. The summed E-state index contributed by atoms with van der Waals surface area (Å²) in [5, 5.41) is 14.3. The lowest BCUT2D eigenvalue weighted by Gasteiger charge is -2.15. The molecule has 1 aliphatic rings. The Balaban J connectivity index is 1.76. The lowest BCUT2D eigenvalue weighted by atomic mass is 9.96. The first-order chi connectivity index (χ1) is 17.7. The highest BCUT2D eigenvalue weighted by molar-refractivity contribution is 7.93. The highest BCUT2D eigenvalue weighted by Crippen LogP contribution is 2.39. The van der Waals surface area contributed by atoms with Crippen LogP contribution >= 0.6 is 11.6 Å². The van der Waals surface area contributed by atoms with E-state index in [4.69, 9.17) is 21.7 Å². The van der Waals surface area contributed by atoms with Crippen molar-refractivity contribution in [3.63, 3.8) is 0 Å². The highest BCUT2D eigenvalue weighted by Gasteiger charge is 2.36. The van der Waals surface area contributed by atoms with E-state index in [1.807, 2.05) is 27.7 Å². The van der Waals surface area contributed by atoms with Crippen LogP contribution in [-0.4, -0.2) is 57.4 Å². The van der Waals surface area contributed by atoms with Crippen LogP contribution in [0, 0.1) is 6.92 Å². The SMILES string of the molecule is Cc1c(NS(=O)(=O)C2CC2)cc(Cl)cc1-c1nc(C(C)(C)C)[nH]c1-c1ccnc(NCC(C)NC(=O)O)n1. The molecule has 0 saturated heterocycles. The van der Waals surface area contributed by atoms with E-state index in [9.17, 15) is 13.2 Å². The van der Waals surface area contributed by atoms with Gasteiger partial charge < -0.3 is 20.7 Å². The van der Waals surface area contributed by atoms with Gasteiger partial charge in [0, 0.05) is 34.8 Å². The Morgan fingerprint density at radius 3 is 2.61 bits per heavy atom. The van der Waals surface area contributed by atoms with Crippen LogP contribution in [0.2, 0.25) is 5.02 Å². The minimum atomic E-state index is -3.49. The molecule has 0 spiro atoms. The zero-order valence-corrected chi connectivity index (χ0v) is 23.5. The Morgan fingerprint density at radius 1 is 1.26 bits per heavy atom. The quantitative estimate of drug-likeness (QED) is 0.249. The van der Waals surface area contributed by atoms with Gasteiger partial charge in [0.2, 0.25) is 16.0 Å². The van der Waals surface area contributed by atoms with Crippen molar-refractivity contribution in [3.8, 4) is 22.6 Å². The molecule has 1 fully saturated rings. The number of rotatable bonds is 9. The molecule has 1 saturated carbocycles. The number of amides is 1. The van der Waals surface area contributed by atoms with Gasteiger partial charge in [-0.3, -0.25) is 4.72 Å². The van der Waals surface area contributed by atoms with Gasteiger partial charge in [0.25, 0.3) is 0 Å². The molecule has 1 aromatic carbocycles. The summed E-state index contributed by atoms with van der Waals surface area (Å²) in [5.74, 6) is 1.04. The van der Waals surface area contributed by atoms with Crippen molar-refractivity contribution in [2.24, 2.45) is 0 Å². The molecule has 1 unspecified atom stereocenters. The summed E-state index contributed by atoms with van der Waals surface area (Å²) in [5.41, 5.74) is 3.20. The van der Waals surface area contributed by atoms with Gasteiger partial charge >= 0.3 is 6.09 Å². The van der Waals surface area contributed by atoms with Crippen molar-refractivity contribution in [2.75, 3.05) is 16.6 Å². The van der Waals surface area contributed by atoms with Crippen molar-refractivity contribution in [1.29, 1.82) is 0 Å². The average molecular weight is 562 g/mol. The Morgan fingerprint density at radius 2 is 1.97 bits per heavy atom. The maximum Gasteiger partial charge on any atom is 0.404 e. The van der Waals surface area contributed by atoms with Gasteiger partial charge in [0.05, 0.1) is 28.0 Å². The molecule has 4 rings (SSSR count). The molecule has 1 aliphatic carbocycles. The number of H-pyrrole nitrogens is 1. The first-order valence-corrected chi connectivity index (χ1v) is 14.2. The second-order valence-corrected chi connectivity index (χ2v) is 12.9. The minimum Gasteiger partial charge on any atom is -0.465 e. The number of nitrogens with zero attached hydrogens (tertiary/aromatic N) is 3. The molecule has 2 heterocycles. The number of aromatic nitrogens is 4. The zero-order valence-electron chi connectivity index (χ0n) is 21.9. The van der Waals surface area contributed by atoms with Crippen LogP contribution in [-0.2, 0) is 15.4 Å². The van der Waals surface area contributed by atoms with Crippen molar-refractivity contribution < 1.29 is 18.3 Å². The van der Waals surface area contributed by atoms with E-state index in [2.05, 4.69) is 30.3 Å². The molecule has 5 N–H and O–H groups in total. The number of halogens is 1. The number of carbonyl (C=O) groups is 1. The third-order valence-corrected chi connectivity index (χ3v) is 8.18. The lowest BCUT2D eigenvalue weighted by Crippen LogP contribution is -2.36. The van der Waals surface area contributed by atoms with Crippen LogP contribution in [0.3, 0.4) is 0 Å². The molecule has 1 amide bonds. The molecule has 204 valence electrons. The van der Waals surface area contributed by atoms with E-state index in [0.717, 1.165) is 5.82 Å². The zero-order chi connectivity index (χ0) is 27.8. The number of sulfonamides is 1. The van der Waals surface area contributed by atoms with Gasteiger partial charge in [-0.25, -0.2) is 28.2 Å². The maximum absolute atomic E-state index is 12.7. The average Bonchev–Trinajstić information content (AvgIpc) is 3.58. The van der Waals surface area contributed by atoms with E-state index < -0.39 is 16.1 Å². The summed E-state index contributed by atoms with van der Waals surface area (Å²) >= 11 is 6.47. The van der Waals surface area contributed by atoms with E-state index in [0.29, 0.717) is 57.7 Å². The second kappa shape index (κ2) is 10.4. The predicted molar refractivity (Wildman–Crippen MR) is 148 cm³/mol. The Labute approximate surface area is 226 Å². The van der Waals surface area contributed by atoms with Gasteiger partial charge in [-0.05, 0) is 50.5 Å². The standard InChI is InChI=1S/C25H32ClN7O4S/c1-13(29-24(34)35)12-28-23-27-9-8-18(30-23)21-20(31-22(32-21)25(3,4)5)17-10-15(26)11-19(14(17)2)33-38(36,37)16-6-7-16/h8-11,13,16,29,33H,6-7,12H2,1-5H3,(H,31,32)(H,34,35)(H,27,28,30). The molecular weight excluding hydrogens is 530 g/mol. The maximum atomic E-state index is 12.7. The van der Waals surface area contributed by atoms with Crippen LogP contribution in [0.5, 0.6) is 0 Å². The smallest absolute Gasteiger partial charge is 0.404 e. The van der Waals surface area contributed by atoms with E-state index in [-0.39, 0.29) is 23.3 Å². The molecule has 3 aromatic rings. The summed E-state index contributed by atoms with van der Waals surface area (Å²) in [4.78, 5) is 28.1. The van der Waals surface area contributed by atoms with Crippen LogP contribution in [0.4, 0.5) is 16.4 Å². The normalized spacial score (nSPS) is 14.7. The molecule has 13 heteroatoms. The molecule has 0 radical (unpaired) electrons. The number of nitrogens with one attached hydrogen (secondary N) is 4. The molecule has 38 heavy (non-hydrogen) atoms. The lowest BCUT2D eigenvalue weighted by molar-refractivity contribution is 0.191. The molecule has 11 nitrogen and oxygen atoms in total.